The Morgan fingerprint density at radius 1 is 0.842 bits per heavy atom. The van der Waals surface area contributed by atoms with E-state index in [0.29, 0.717) is 25.7 Å². The van der Waals surface area contributed by atoms with E-state index in [1.165, 1.54) is 20.8 Å². The van der Waals surface area contributed by atoms with Crippen LogP contribution in [0.15, 0.2) is 0 Å². The van der Waals surface area contributed by atoms with E-state index in [-0.39, 0.29) is 50.1 Å². The maximum absolute atomic E-state index is 11.9. The Bertz CT molecular complexity index is 677. The molecule has 9 unspecified atom stereocenters. The first-order valence-electron chi connectivity index (χ1n) is 13.6. The van der Waals surface area contributed by atoms with Crippen LogP contribution in [0.1, 0.15) is 74.1 Å². The van der Waals surface area contributed by atoms with Crippen LogP contribution < -0.4 is 10.6 Å². The Balaban J connectivity index is 5.63. The van der Waals surface area contributed by atoms with Gasteiger partial charge in [0.15, 0.2) is 0 Å². The number of hydrogen-bond acceptors (Lipinski definition) is 9. The van der Waals surface area contributed by atoms with Crippen LogP contribution in [0.5, 0.6) is 0 Å². The van der Waals surface area contributed by atoms with Crippen molar-refractivity contribution in [2.45, 2.75) is 110 Å². The average molecular weight is 551 g/mol. The number of aliphatic hydroxyl groups excluding tert-OH is 6. The van der Waals surface area contributed by atoms with Crippen molar-refractivity contribution in [3.8, 4) is 0 Å². The van der Waals surface area contributed by atoms with Gasteiger partial charge in [0.05, 0.1) is 36.5 Å². The van der Waals surface area contributed by atoms with Crippen LogP contribution in [-0.4, -0.2) is 105 Å². The molecule has 0 aromatic carbocycles. The minimum Gasteiger partial charge on any atom is -0.396 e. The summed E-state index contributed by atoms with van der Waals surface area (Å²) in [4.78, 5) is 23.7. The minimum atomic E-state index is -1.23. The van der Waals surface area contributed by atoms with E-state index in [9.17, 15) is 40.2 Å². The second-order valence-corrected chi connectivity index (χ2v) is 11.5. The van der Waals surface area contributed by atoms with Crippen molar-refractivity contribution in [2.75, 3.05) is 26.4 Å². The number of carbonyl (C=O) groups is 2. The van der Waals surface area contributed by atoms with Gasteiger partial charge in [0.2, 0.25) is 11.8 Å². The quantitative estimate of drug-likeness (QED) is 0.103. The second-order valence-electron chi connectivity index (χ2n) is 11.5. The normalized spacial score (nSPS) is 19.4. The Kier molecular flexibility index (Phi) is 17.5. The molecule has 11 nitrogen and oxygen atoms in total. The summed E-state index contributed by atoms with van der Waals surface area (Å²) < 4.78 is 6.22. The molecular formula is C27H54N2O9. The summed E-state index contributed by atoms with van der Waals surface area (Å²) in [6, 6.07) is -1.51. The Labute approximate surface area is 228 Å². The van der Waals surface area contributed by atoms with Crippen molar-refractivity contribution in [2.24, 2.45) is 23.7 Å². The highest BCUT2D eigenvalue weighted by Gasteiger charge is 2.37. The van der Waals surface area contributed by atoms with Gasteiger partial charge in [-0.25, -0.2) is 0 Å². The van der Waals surface area contributed by atoms with Gasteiger partial charge in [-0.2, -0.15) is 0 Å². The van der Waals surface area contributed by atoms with Gasteiger partial charge in [0, 0.05) is 45.5 Å². The maximum atomic E-state index is 11.9. The molecule has 0 saturated carbocycles. The summed E-state index contributed by atoms with van der Waals surface area (Å²) in [6.45, 7) is 11.2. The lowest BCUT2D eigenvalue weighted by Crippen LogP contribution is -2.53. The third kappa shape index (κ3) is 13.6. The molecule has 0 heterocycles. The highest BCUT2D eigenvalue weighted by molar-refractivity contribution is 5.73. The van der Waals surface area contributed by atoms with Gasteiger partial charge in [-0.05, 0) is 58.3 Å². The zero-order valence-electron chi connectivity index (χ0n) is 24.3. The molecule has 38 heavy (non-hydrogen) atoms. The molecule has 2 amide bonds. The first-order chi connectivity index (χ1) is 17.6. The summed E-state index contributed by atoms with van der Waals surface area (Å²) in [5, 5.41) is 66.0. The van der Waals surface area contributed by atoms with E-state index in [1.807, 2.05) is 27.7 Å². The number of aliphatic hydroxyl groups is 6. The largest absolute Gasteiger partial charge is 0.396 e. The van der Waals surface area contributed by atoms with Crippen LogP contribution in [0.25, 0.3) is 0 Å². The fourth-order valence-electron chi connectivity index (χ4n) is 5.02. The molecule has 0 aliphatic carbocycles. The van der Waals surface area contributed by atoms with E-state index >= 15 is 0 Å². The monoisotopic (exact) mass is 550 g/mol. The molecule has 0 aromatic rings. The summed E-state index contributed by atoms with van der Waals surface area (Å²) in [5.41, 5.74) is -0.762. The molecule has 226 valence electrons. The van der Waals surface area contributed by atoms with Gasteiger partial charge in [-0.3, -0.25) is 9.59 Å². The zero-order chi connectivity index (χ0) is 29.6. The Hall–Kier alpha value is -1.34. The predicted octanol–water partition coefficient (Wildman–Crippen LogP) is -0.0645. The average Bonchev–Trinajstić information content (AvgIpc) is 2.83. The molecule has 0 radical (unpaired) electrons. The van der Waals surface area contributed by atoms with Gasteiger partial charge >= 0.3 is 0 Å². The molecule has 11 heteroatoms. The number of carbonyl (C=O) groups excluding carboxylic acids is 2. The van der Waals surface area contributed by atoms with Crippen LogP contribution in [0.2, 0.25) is 0 Å². The highest BCUT2D eigenvalue weighted by atomic mass is 16.5. The number of rotatable bonds is 20. The summed E-state index contributed by atoms with van der Waals surface area (Å²) >= 11 is 0. The minimum absolute atomic E-state index is 0.0729. The van der Waals surface area contributed by atoms with Crippen LogP contribution in [0.4, 0.5) is 0 Å². The Morgan fingerprint density at radius 3 is 1.79 bits per heavy atom. The van der Waals surface area contributed by atoms with E-state index in [4.69, 9.17) is 4.74 Å². The molecule has 0 fully saturated rings. The van der Waals surface area contributed by atoms with Crippen molar-refractivity contribution < 1.29 is 45.0 Å². The molecule has 0 aliphatic rings. The molecule has 0 spiro atoms. The molecule has 9 atom stereocenters. The second kappa shape index (κ2) is 18.1. The fraction of sp³-hybridized carbons (Fsp3) is 0.926. The molecular weight excluding hydrogens is 496 g/mol. The Morgan fingerprint density at radius 2 is 1.37 bits per heavy atom. The van der Waals surface area contributed by atoms with Crippen LogP contribution in [0, 0.1) is 23.7 Å². The highest BCUT2D eigenvalue weighted by Crippen LogP contribution is 2.29. The first-order valence-corrected chi connectivity index (χ1v) is 13.6. The summed E-state index contributed by atoms with van der Waals surface area (Å²) in [7, 11) is 0. The van der Waals surface area contributed by atoms with Gasteiger partial charge < -0.3 is 46.0 Å². The fourth-order valence-corrected chi connectivity index (χ4v) is 5.02. The van der Waals surface area contributed by atoms with Crippen molar-refractivity contribution >= 4 is 11.8 Å². The van der Waals surface area contributed by atoms with Crippen LogP contribution >= 0.6 is 0 Å². The summed E-state index contributed by atoms with van der Waals surface area (Å²) in [6.07, 6.45) is -1.67. The van der Waals surface area contributed by atoms with E-state index < -0.39 is 47.8 Å². The summed E-state index contributed by atoms with van der Waals surface area (Å²) in [5.74, 6) is -2.02. The lowest BCUT2D eigenvalue weighted by Gasteiger charge is -2.39. The number of ether oxygens (including phenoxy) is 1. The van der Waals surface area contributed by atoms with Crippen molar-refractivity contribution in [1.29, 1.82) is 0 Å². The third-order valence-corrected chi connectivity index (χ3v) is 7.05. The topological polar surface area (TPSA) is 189 Å². The number of amides is 2. The molecule has 0 rings (SSSR count). The van der Waals surface area contributed by atoms with Gasteiger partial charge in [-0.1, -0.05) is 13.8 Å². The standard InChI is InChI=1S/C27H54N2O9/c1-16(13-31)11-22(14-32)24(29-20(5)35)25(36)17(2)12-27(6,7)38-15-21(9-8-10-30)23(28-19(4)34)26(37)18(3)33/h16-18,21-26,30-33,36-37H,8-15H2,1-7H3,(H,28,34)(H,29,35). The zero-order valence-corrected chi connectivity index (χ0v) is 24.3. The van der Waals surface area contributed by atoms with Gasteiger partial charge in [0.25, 0.3) is 0 Å². The SMILES string of the molecule is CC(=O)NC(C(CCCO)COC(C)(C)CC(C)C(O)C(NC(C)=O)C(CO)CC(C)CO)C(O)C(C)O. The predicted molar refractivity (Wildman–Crippen MR) is 144 cm³/mol. The van der Waals surface area contributed by atoms with Gasteiger partial charge in [0.1, 0.15) is 6.10 Å². The van der Waals surface area contributed by atoms with E-state index in [1.54, 1.807) is 0 Å². The lowest BCUT2D eigenvalue weighted by molar-refractivity contribution is -0.123. The molecule has 8 N–H and O–H groups in total. The van der Waals surface area contributed by atoms with E-state index in [2.05, 4.69) is 10.6 Å². The van der Waals surface area contributed by atoms with Crippen LogP contribution in [0.3, 0.4) is 0 Å². The van der Waals surface area contributed by atoms with Crippen LogP contribution in [-0.2, 0) is 14.3 Å². The van der Waals surface area contributed by atoms with Gasteiger partial charge in [-0.15, -0.1) is 0 Å². The third-order valence-electron chi connectivity index (χ3n) is 7.05. The number of hydrogen-bond donors (Lipinski definition) is 8. The maximum Gasteiger partial charge on any atom is 0.217 e. The molecule has 0 aromatic heterocycles. The van der Waals surface area contributed by atoms with Crippen molar-refractivity contribution in [1.82, 2.24) is 10.6 Å². The van der Waals surface area contributed by atoms with Crippen molar-refractivity contribution in [3.63, 3.8) is 0 Å². The smallest absolute Gasteiger partial charge is 0.217 e. The molecule has 0 bridgehead atoms. The molecule has 0 aliphatic heterocycles. The lowest BCUT2D eigenvalue weighted by atomic mass is 9.80. The van der Waals surface area contributed by atoms with E-state index in [0.717, 1.165) is 0 Å². The van der Waals surface area contributed by atoms with Crippen molar-refractivity contribution in [3.05, 3.63) is 0 Å². The molecule has 0 saturated heterocycles. The number of nitrogens with one attached hydrogen (secondary N) is 2. The first kappa shape index (κ1) is 36.7.